The third-order valence-electron chi connectivity index (χ3n) is 4.23. The number of rotatable bonds is 6. The Labute approximate surface area is 143 Å². The standard InChI is InChI=1S/C19H24N4O/c24-19(22-14-17-6-2-3-11-20-17)15-21-16-7-9-18(10-8-16)23-12-4-1-5-13-23/h2-3,6-11,21H,1,4-5,12-15H2,(H,22,24). The van der Waals surface area contributed by atoms with Crippen LogP contribution in [0.25, 0.3) is 0 Å². The fourth-order valence-corrected chi connectivity index (χ4v) is 2.88. The second kappa shape index (κ2) is 8.34. The number of hydrogen-bond donors (Lipinski definition) is 2. The molecule has 0 spiro atoms. The van der Waals surface area contributed by atoms with Crippen molar-refractivity contribution in [2.75, 3.05) is 29.9 Å². The Morgan fingerprint density at radius 2 is 1.83 bits per heavy atom. The summed E-state index contributed by atoms with van der Waals surface area (Å²) in [5.74, 6) is -0.0410. The highest BCUT2D eigenvalue weighted by Gasteiger charge is 2.10. The molecular weight excluding hydrogens is 300 g/mol. The summed E-state index contributed by atoms with van der Waals surface area (Å²) >= 11 is 0. The molecular formula is C19H24N4O. The van der Waals surface area contributed by atoms with E-state index in [9.17, 15) is 4.79 Å². The van der Waals surface area contributed by atoms with Crippen LogP contribution in [0.4, 0.5) is 11.4 Å². The van der Waals surface area contributed by atoms with Crippen molar-refractivity contribution in [1.82, 2.24) is 10.3 Å². The summed E-state index contributed by atoms with van der Waals surface area (Å²) in [4.78, 5) is 18.5. The van der Waals surface area contributed by atoms with Gasteiger partial charge in [-0.1, -0.05) is 6.07 Å². The Balaban J connectivity index is 1.43. The number of anilines is 2. The number of nitrogens with one attached hydrogen (secondary N) is 2. The minimum absolute atomic E-state index is 0.0410. The summed E-state index contributed by atoms with van der Waals surface area (Å²) < 4.78 is 0. The SMILES string of the molecule is O=C(CNc1ccc(N2CCCCC2)cc1)NCc1ccccn1. The van der Waals surface area contributed by atoms with Crippen molar-refractivity contribution in [3.05, 3.63) is 54.4 Å². The Morgan fingerprint density at radius 3 is 2.54 bits per heavy atom. The molecule has 5 nitrogen and oxygen atoms in total. The molecule has 2 N–H and O–H groups in total. The van der Waals surface area contributed by atoms with Crippen molar-refractivity contribution in [3.8, 4) is 0 Å². The molecule has 126 valence electrons. The van der Waals surface area contributed by atoms with E-state index >= 15 is 0 Å². The summed E-state index contributed by atoms with van der Waals surface area (Å²) in [6.07, 6.45) is 5.61. The fraction of sp³-hybridized carbons (Fsp3) is 0.368. The smallest absolute Gasteiger partial charge is 0.239 e. The van der Waals surface area contributed by atoms with Gasteiger partial charge in [-0.15, -0.1) is 0 Å². The largest absolute Gasteiger partial charge is 0.376 e. The second-order valence-corrected chi connectivity index (χ2v) is 6.05. The van der Waals surface area contributed by atoms with Gasteiger partial charge in [0.05, 0.1) is 18.8 Å². The van der Waals surface area contributed by atoms with Crippen LogP contribution in [0.3, 0.4) is 0 Å². The predicted molar refractivity (Wildman–Crippen MR) is 97.1 cm³/mol. The quantitative estimate of drug-likeness (QED) is 0.858. The summed E-state index contributed by atoms with van der Waals surface area (Å²) in [5, 5.41) is 6.02. The first-order valence-corrected chi connectivity index (χ1v) is 8.57. The lowest BCUT2D eigenvalue weighted by Gasteiger charge is -2.28. The Kier molecular flexibility index (Phi) is 5.66. The number of amides is 1. The Bertz CT molecular complexity index is 636. The van der Waals surface area contributed by atoms with Crippen molar-refractivity contribution in [2.24, 2.45) is 0 Å². The summed E-state index contributed by atoms with van der Waals surface area (Å²) in [5.41, 5.74) is 3.08. The average molecular weight is 324 g/mol. The van der Waals surface area contributed by atoms with Gasteiger partial charge in [0.1, 0.15) is 0 Å². The molecule has 0 saturated carbocycles. The van der Waals surface area contributed by atoms with E-state index in [1.54, 1.807) is 6.20 Å². The molecule has 1 aliphatic rings. The minimum Gasteiger partial charge on any atom is -0.376 e. The van der Waals surface area contributed by atoms with Crippen LogP contribution < -0.4 is 15.5 Å². The van der Waals surface area contributed by atoms with Crippen molar-refractivity contribution >= 4 is 17.3 Å². The van der Waals surface area contributed by atoms with E-state index in [0.29, 0.717) is 6.54 Å². The van der Waals surface area contributed by atoms with Gasteiger partial charge < -0.3 is 15.5 Å². The van der Waals surface area contributed by atoms with Gasteiger partial charge in [0, 0.05) is 30.7 Å². The second-order valence-electron chi connectivity index (χ2n) is 6.05. The molecule has 1 aromatic carbocycles. The zero-order valence-corrected chi connectivity index (χ0v) is 13.9. The highest BCUT2D eigenvalue weighted by molar-refractivity contribution is 5.80. The maximum Gasteiger partial charge on any atom is 0.239 e. The molecule has 1 aromatic heterocycles. The van der Waals surface area contributed by atoms with Crippen molar-refractivity contribution in [2.45, 2.75) is 25.8 Å². The third kappa shape index (κ3) is 4.72. The lowest BCUT2D eigenvalue weighted by molar-refractivity contribution is -0.119. The maximum atomic E-state index is 11.9. The van der Waals surface area contributed by atoms with E-state index in [2.05, 4.69) is 32.7 Å². The lowest BCUT2D eigenvalue weighted by Crippen LogP contribution is -2.30. The van der Waals surface area contributed by atoms with E-state index in [4.69, 9.17) is 0 Å². The molecule has 0 atom stereocenters. The normalized spacial score (nSPS) is 14.2. The number of piperidine rings is 1. The van der Waals surface area contributed by atoms with Crippen LogP contribution in [0.5, 0.6) is 0 Å². The first kappa shape index (κ1) is 16.3. The van der Waals surface area contributed by atoms with Crippen LogP contribution in [0, 0.1) is 0 Å². The molecule has 0 radical (unpaired) electrons. The highest BCUT2D eigenvalue weighted by Crippen LogP contribution is 2.21. The molecule has 1 amide bonds. The minimum atomic E-state index is -0.0410. The molecule has 2 heterocycles. The first-order valence-electron chi connectivity index (χ1n) is 8.57. The van der Waals surface area contributed by atoms with Crippen LogP contribution in [0.1, 0.15) is 25.0 Å². The first-order chi connectivity index (χ1) is 11.8. The van der Waals surface area contributed by atoms with E-state index < -0.39 is 0 Å². The molecule has 3 rings (SSSR count). The maximum absolute atomic E-state index is 11.9. The number of hydrogen-bond acceptors (Lipinski definition) is 4. The van der Waals surface area contributed by atoms with E-state index in [0.717, 1.165) is 24.5 Å². The van der Waals surface area contributed by atoms with Crippen molar-refractivity contribution < 1.29 is 4.79 Å². The topological polar surface area (TPSA) is 57.3 Å². The van der Waals surface area contributed by atoms with Gasteiger partial charge in [0.15, 0.2) is 0 Å². The number of carbonyl (C=O) groups excluding carboxylic acids is 1. The monoisotopic (exact) mass is 324 g/mol. The molecule has 1 fully saturated rings. The number of benzene rings is 1. The van der Waals surface area contributed by atoms with Gasteiger partial charge >= 0.3 is 0 Å². The Hall–Kier alpha value is -2.56. The molecule has 2 aromatic rings. The zero-order valence-electron chi connectivity index (χ0n) is 13.9. The van der Waals surface area contributed by atoms with Gasteiger partial charge in [-0.05, 0) is 55.7 Å². The molecule has 0 aliphatic carbocycles. The molecule has 0 bridgehead atoms. The van der Waals surface area contributed by atoms with Crippen LogP contribution in [-0.4, -0.2) is 30.5 Å². The summed E-state index contributed by atoms with van der Waals surface area (Å²) in [6.45, 7) is 3.00. The third-order valence-corrected chi connectivity index (χ3v) is 4.23. The van der Waals surface area contributed by atoms with E-state index in [1.807, 2.05) is 30.3 Å². The number of nitrogens with zero attached hydrogens (tertiary/aromatic N) is 2. The van der Waals surface area contributed by atoms with Gasteiger partial charge in [-0.25, -0.2) is 0 Å². The summed E-state index contributed by atoms with van der Waals surface area (Å²) in [6, 6.07) is 14.0. The van der Waals surface area contributed by atoms with Gasteiger partial charge in [-0.2, -0.15) is 0 Å². The zero-order chi connectivity index (χ0) is 16.6. The van der Waals surface area contributed by atoms with Crippen LogP contribution in [0.15, 0.2) is 48.7 Å². The molecule has 5 heteroatoms. The van der Waals surface area contributed by atoms with E-state index in [-0.39, 0.29) is 12.5 Å². The number of pyridine rings is 1. The number of aromatic nitrogens is 1. The van der Waals surface area contributed by atoms with Gasteiger partial charge in [0.25, 0.3) is 0 Å². The Morgan fingerprint density at radius 1 is 1.04 bits per heavy atom. The average Bonchev–Trinajstić information content (AvgIpc) is 2.67. The van der Waals surface area contributed by atoms with Crippen molar-refractivity contribution in [1.29, 1.82) is 0 Å². The fourth-order valence-electron chi connectivity index (χ4n) is 2.88. The molecule has 24 heavy (non-hydrogen) atoms. The lowest BCUT2D eigenvalue weighted by atomic mass is 10.1. The highest BCUT2D eigenvalue weighted by atomic mass is 16.1. The van der Waals surface area contributed by atoms with E-state index in [1.165, 1.54) is 24.9 Å². The predicted octanol–water partition coefficient (Wildman–Crippen LogP) is 2.80. The molecule has 1 aliphatic heterocycles. The number of carbonyl (C=O) groups is 1. The van der Waals surface area contributed by atoms with Crippen molar-refractivity contribution in [3.63, 3.8) is 0 Å². The van der Waals surface area contributed by atoms with Crippen LogP contribution in [0.2, 0.25) is 0 Å². The van der Waals surface area contributed by atoms with Crippen LogP contribution >= 0.6 is 0 Å². The van der Waals surface area contributed by atoms with Gasteiger partial charge in [0.2, 0.25) is 5.91 Å². The molecule has 0 unspecified atom stereocenters. The molecule has 1 saturated heterocycles. The van der Waals surface area contributed by atoms with Gasteiger partial charge in [-0.3, -0.25) is 9.78 Å². The van der Waals surface area contributed by atoms with Crippen LogP contribution in [-0.2, 0) is 11.3 Å². The summed E-state index contributed by atoms with van der Waals surface area (Å²) in [7, 11) is 0.